The van der Waals surface area contributed by atoms with E-state index >= 15 is 0 Å². The summed E-state index contributed by atoms with van der Waals surface area (Å²) in [6.07, 6.45) is 4.92. The molecule has 3 aromatic carbocycles. The highest BCUT2D eigenvalue weighted by Gasteiger charge is 2.09. The van der Waals surface area contributed by atoms with Gasteiger partial charge < -0.3 is 9.72 Å². The Bertz CT molecular complexity index is 998. The number of aromatic nitrogens is 1. The van der Waals surface area contributed by atoms with Gasteiger partial charge in [0.05, 0.1) is 12.1 Å². The van der Waals surface area contributed by atoms with Crippen molar-refractivity contribution in [2.45, 2.75) is 32.6 Å². The third-order valence-corrected chi connectivity index (χ3v) is 4.97. The summed E-state index contributed by atoms with van der Waals surface area (Å²) in [6, 6.07) is 23.4. The summed E-state index contributed by atoms with van der Waals surface area (Å²) in [5, 5.41) is 2.55. The molecule has 2 nitrogen and oxygen atoms in total. The van der Waals surface area contributed by atoms with Gasteiger partial charge in [-0.2, -0.15) is 0 Å². The lowest BCUT2D eigenvalue weighted by atomic mass is 10.0. The van der Waals surface area contributed by atoms with Crippen molar-refractivity contribution in [3.8, 4) is 16.9 Å². The van der Waals surface area contributed by atoms with Gasteiger partial charge in [-0.1, -0.05) is 74.7 Å². The Labute approximate surface area is 154 Å². The summed E-state index contributed by atoms with van der Waals surface area (Å²) in [6.45, 7) is 3.03. The van der Waals surface area contributed by atoms with Crippen molar-refractivity contribution < 1.29 is 4.74 Å². The van der Waals surface area contributed by atoms with E-state index in [-0.39, 0.29) is 0 Å². The smallest absolute Gasteiger partial charge is 0.119 e. The van der Waals surface area contributed by atoms with Crippen LogP contribution in [0.1, 0.15) is 32.6 Å². The predicted molar refractivity (Wildman–Crippen MR) is 111 cm³/mol. The maximum atomic E-state index is 5.87. The molecule has 0 spiro atoms. The second-order valence-electron chi connectivity index (χ2n) is 6.83. The molecule has 1 aromatic heterocycles. The van der Waals surface area contributed by atoms with Gasteiger partial charge in [0.1, 0.15) is 5.75 Å². The van der Waals surface area contributed by atoms with Crippen molar-refractivity contribution in [2.24, 2.45) is 0 Å². The summed E-state index contributed by atoms with van der Waals surface area (Å²) in [7, 11) is 0. The first-order valence-corrected chi connectivity index (χ1v) is 9.59. The standard InChI is InChI=1S/C24H25NO/c1-2-3-4-7-17-26-19-15-13-18(14-16-19)20-10-8-11-22-21-9-5-6-12-23(21)25-24(20)22/h5-6,8-16,25H,2-4,7,17H2,1H3. The van der Waals surface area contributed by atoms with Crippen LogP contribution < -0.4 is 4.74 Å². The Hall–Kier alpha value is -2.74. The number of unbranched alkanes of at least 4 members (excludes halogenated alkanes) is 3. The fourth-order valence-electron chi connectivity index (χ4n) is 3.56. The van der Waals surface area contributed by atoms with Gasteiger partial charge in [0.15, 0.2) is 0 Å². The molecule has 0 aliphatic rings. The Morgan fingerprint density at radius 3 is 2.42 bits per heavy atom. The predicted octanol–water partition coefficient (Wildman–Crippen LogP) is 6.95. The lowest BCUT2D eigenvalue weighted by Gasteiger charge is -2.08. The van der Waals surface area contributed by atoms with Crippen molar-refractivity contribution in [2.75, 3.05) is 6.61 Å². The van der Waals surface area contributed by atoms with Crippen molar-refractivity contribution in [1.29, 1.82) is 0 Å². The van der Waals surface area contributed by atoms with Crippen molar-refractivity contribution >= 4 is 21.8 Å². The molecule has 0 bridgehead atoms. The van der Waals surface area contributed by atoms with Crippen LogP contribution in [0.3, 0.4) is 0 Å². The topological polar surface area (TPSA) is 25.0 Å². The summed E-state index contributed by atoms with van der Waals surface area (Å²) < 4.78 is 5.87. The molecular weight excluding hydrogens is 318 g/mol. The first kappa shape index (κ1) is 16.7. The number of aromatic amines is 1. The van der Waals surface area contributed by atoms with Crippen LogP contribution in [0.25, 0.3) is 32.9 Å². The van der Waals surface area contributed by atoms with E-state index in [1.165, 1.54) is 52.2 Å². The SMILES string of the molecule is CCCCCCOc1ccc(-c2cccc3c2[nH]c2ccccc23)cc1. The van der Waals surface area contributed by atoms with E-state index in [2.05, 4.69) is 78.6 Å². The molecule has 0 aliphatic heterocycles. The van der Waals surface area contributed by atoms with Crippen LogP contribution in [0.2, 0.25) is 0 Å². The quantitative estimate of drug-likeness (QED) is 0.361. The zero-order valence-corrected chi connectivity index (χ0v) is 15.3. The number of H-pyrrole nitrogens is 1. The van der Waals surface area contributed by atoms with E-state index in [4.69, 9.17) is 4.74 Å². The number of rotatable bonds is 7. The van der Waals surface area contributed by atoms with Crippen LogP contribution in [0.5, 0.6) is 5.75 Å². The summed E-state index contributed by atoms with van der Waals surface area (Å²) >= 11 is 0. The summed E-state index contributed by atoms with van der Waals surface area (Å²) in [5.74, 6) is 0.953. The molecule has 0 saturated heterocycles. The van der Waals surface area contributed by atoms with Crippen LogP contribution in [-0.4, -0.2) is 11.6 Å². The third kappa shape index (κ3) is 3.32. The minimum Gasteiger partial charge on any atom is -0.494 e. The largest absolute Gasteiger partial charge is 0.494 e. The Morgan fingerprint density at radius 2 is 1.58 bits per heavy atom. The molecular formula is C24H25NO. The zero-order chi connectivity index (χ0) is 17.8. The molecule has 0 aliphatic carbocycles. The van der Waals surface area contributed by atoms with Gasteiger partial charge in [-0.3, -0.25) is 0 Å². The average molecular weight is 343 g/mol. The van der Waals surface area contributed by atoms with Crippen molar-refractivity contribution in [1.82, 2.24) is 4.98 Å². The highest BCUT2D eigenvalue weighted by Crippen LogP contribution is 2.33. The van der Waals surface area contributed by atoms with Crippen LogP contribution in [-0.2, 0) is 0 Å². The monoisotopic (exact) mass is 343 g/mol. The van der Waals surface area contributed by atoms with Crippen LogP contribution in [0.15, 0.2) is 66.7 Å². The minimum absolute atomic E-state index is 0.803. The van der Waals surface area contributed by atoms with Crippen molar-refractivity contribution in [3.05, 3.63) is 66.7 Å². The normalized spacial score (nSPS) is 11.3. The van der Waals surface area contributed by atoms with Gasteiger partial charge in [0.25, 0.3) is 0 Å². The van der Waals surface area contributed by atoms with E-state index in [9.17, 15) is 0 Å². The first-order chi connectivity index (χ1) is 12.9. The lowest BCUT2D eigenvalue weighted by Crippen LogP contribution is -1.96. The molecule has 0 saturated carbocycles. The van der Waals surface area contributed by atoms with E-state index in [1.807, 2.05) is 0 Å². The lowest BCUT2D eigenvalue weighted by molar-refractivity contribution is 0.305. The maximum absolute atomic E-state index is 5.87. The second kappa shape index (κ2) is 7.65. The highest BCUT2D eigenvalue weighted by molar-refractivity contribution is 6.11. The molecule has 26 heavy (non-hydrogen) atoms. The molecule has 1 heterocycles. The Balaban J connectivity index is 1.58. The number of benzene rings is 3. The zero-order valence-electron chi connectivity index (χ0n) is 15.3. The molecule has 132 valence electrons. The van der Waals surface area contributed by atoms with Crippen LogP contribution >= 0.6 is 0 Å². The fraction of sp³-hybridized carbons (Fsp3) is 0.250. The molecule has 0 atom stereocenters. The van der Waals surface area contributed by atoms with Gasteiger partial charge in [-0.05, 0) is 30.2 Å². The molecule has 2 heteroatoms. The number of hydrogen-bond acceptors (Lipinski definition) is 1. The molecule has 4 aromatic rings. The van der Waals surface area contributed by atoms with Crippen molar-refractivity contribution in [3.63, 3.8) is 0 Å². The molecule has 4 rings (SSSR count). The molecule has 0 radical (unpaired) electrons. The fourth-order valence-corrected chi connectivity index (χ4v) is 3.56. The number of fused-ring (bicyclic) bond motifs is 3. The van der Waals surface area contributed by atoms with Crippen LogP contribution in [0.4, 0.5) is 0 Å². The Morgan fingerprint density at radius 1 is 0.769 bits per heavy atom. The summed E-state index contributed by atoms with van der Waals surface area (Å²) in [4.78, 5) is 3.58. The number of hydrogen-bond donors (Lipinski definition) is 1. The number of para-hydroxylation sites is 2. The van der Waals surface area contributed by atoms with Gasteiger partial charge in [-0.25, -0.2) is 0 Å². The van der Waals surface area contributed by atoms with Gasteiger partial charge in [0, 0.05) is 21.9 Å². The summed E-state index contributed by atoms with van der Waals surface area (Å²) in [5.41, 5.74) is 4.82. The maximum Gasteiger partial charge on any atom is 0.119 e. The molecule has 0 amide bonds. The molecule has 0 unspecified atom stereocenters. The molecule has 1 N–H and O–H groups in total. The minimum atomic E-state index is 0.803. The van der Waals surface area contributed by atoms with Gasteiger partial charge >= 0.3 is 0 Å². The van der Waals surface area contributed by atoms with Gasteiger partial charge in [0.2, 0.25) is 0 Å². The number of nitrogens with one attached hydrogen (secondary N) is 1. The average Bonchev–Trinajstić information content (AvgIpc) is 3.07. The highest BCUT2D eigenvalue weighted by atomic mass is 16.5. The molecule has 0 fully saturated rings. The van der Waals surface area contributed by atoms with E-state index in [1.54, 1.807) is 0 Å². The third-order valence-electron chi connectivity index (χ3n) is 4.97. The van der Waals surface area contributed by atoms with E-state index < -0.39 is 0 Å². The first-order valence-electron chi connectivity index (χ1n) is 9.59. The van der Waals surface area contributed by atoms with Crippen LogP contribution in [0, 0.1) is 0 Å². The van der Waals surface area contributed by atoms with Gasteiger partial charge in [-0.15, -0.1) is 0 Å². The Kier molecular flexibility index (Phi) is 4.92. The van der Waals surface area contributed by atoms with E-state index in [0.29, 0.717) is 0 Å². The second-order valence-corrected chi connectivity index (χ2v) is 6.83. The van der Waals surface area contributed by atoms with E-state index in [0.717, 1.165) is 18.8 Å². The number of ether oxygens (including phenoxy) is 1.